The molecule has 0 bridgehead atoms. The number of halogens is 3. The van der Waals surface area contributed by atoms with E-state index in [4.69, 9.17) is 27.9 Å². The largest absolute Gasteiger partial charge is 0.491 e. The van der Waals surface area contributed by atoms with Crippen LogP contribution >= 0.6 is 23.2 Å². The third kappa shape index (κ3) is 4.43. The first kappa shape index (κ1) is 31.3. The predicted molar refractivity (Wildman–Crippen MR) is 175 cm³/mol. The number of anilines is 2. The van der Waals surface area contributed by atoms with Crippen LogP contribution in [0, 0.1) is 23.6 Å². The summed E-state index contributed by atoms with van der Waals surface area (Å²) in [5, 5.41) is 9.53. The number of rotatable bonds is 7. The van der Waals surface area contributed by atoms with Crippen molar-refractivity contribution in [2.75, 3.05) is 23.0 Å². The summed E-state index contributed by atoms with van der Waals surface area (Å²) < 4.78 is 19.8. The van der Waals surface area contributed by atoms with Crippen molar-refractivity contribution in [2.24, 2.45) is 17.8 Å². The summed E-state index contributed by atoms with van der Waals surface area (Å²) in [6.45, 7) is 3.42. The SMILES string of the molecule is C=Cc1ccc(N2C(=O)C3CC=C4C(CC5(Cl)C(=O)N(c6ccc(F)cc6)C(=O)C5(Cl)C4c4ccccc4OCCO)C3C2=O)cc1. The standard InChI is InChI=1S/C36H29Cl2FN2O6/c1-2-20-7-11-22(12-8-20)40-31(43)26-16-15-24-27(29(26)32(40)44)19-35(37)33(45)41(23-13-9-21(39)10-14-23)34(46)36(35,38)30(24)25-5-3-4-6-28(25)47-18-17-42/h2-15,26-27,29-30,42H,1,16-19H2. The molecule has 3 fully saturated rings. The number of carbonyl (C=O) groups is 4. The number of allylic oxidation sites excluding steroid dienone is 2. The Kier molecular flexibility index (Phi) is 7.62. The minimum Gasteiger partial charge on any atom is -0.491 e. The molecule has 0 spiro atoms. The van der Waals surface area contributed by atoms with Gasteiger partial charge < -0.3 is 9.84 Å². The highest BCUT2D eigenvalue weighted by Crippen LogP contribution is 2.66. The second-order valence-corrected chi connectivity index (χ2v) is 13.4. The van der Waals surface area contributed by atoms with Crippen LogP contribution < -0.4 is 14.5 Å². The van der Waals surface area contributed by atoms with Gasteiger partial charge in [0.1, 0.15) is 18.2 Å². The first-order valence-corrected chi connectivity index (χ1v) is 16.0. The number of hydrogen-bond donors (Lipinski definition) is 1. The van der Waals surface area contributed by atoms with E-state index in [1.807, 2.05) is 6.08 Å². The molecule has 1 N–H and O–H groups in total. The number of ether oxygens (including phenoxy) is 1. The normalized spacial score (nSPS) is 29.7. The fourth-order valence-corrected chi connectivity index (χ4v) is 8.69. The molecule has 0 aromatic heterocycles. The molecule has 2 saturated heterocycles. The summed E-state index contributed by atoms with van der Waals surface area (Å²) in [6, 6.07) is 18.6. The molecule has 6 unspecified atom stereocenters. The van der Waals surface area contributed by atoms with Crippen LogP contribution in [0.4, 0.5) is 15.8 Å². The van der Waals surface area contributed by atoms with Gasteiger partial charge in [0.2, 0.25) is 11.8 Å². The number of amides is 4. The smallest absolute Gasteiger partial charge is 0.258 e. The van der Waals surface area contributed by atoms with Crippen molar-refractivity contribution in [2.45, 2.75) is 28.5 Å². The van der Waals surface area contributed by atoms with Gasteiger partial charge in [0.05, 0.1) is 29.8 Å². The van der Waals surface area contributed by atoms with Gasteiger partial charge in [-0.05, 0) is 66.8 Å². The third-order valence-corrected chi connectivity index (χ3v) is 11.3. The zero-order valence-corrected chi connectivity index (χ0v) is 26.5. The fraction of sp³-hybridized carbons (Fsp3) is 0.278. The average Bonchev–Trinajstić information content (AvgIpc) is 3.42. The Bertz CT molecular complexity index is 1860. The molecule has 3 aromatic rings. The molecule has 6 atom stereocenters. The molecule has 240 valence electrons. The van der Waals surface area contributed by atoms with Crippen molar-refractivity contribution >= 4 is 64.3 Å². The molecule has 3 aromatic carbocycles. The van der Waals surface area contributed by atoms with Crippen LogP contribution in [-0.4, -0.2) is 51.7 Å². The highest BCUT2D eigenvalue weighted by Gasteiger charge is 2.77. The molecule has 4 amide bonds. The van der Waals surface area contributed by atoms with Crippen LogP contribution in [0.25, 0.3) is 6.08 Å². The fourth-order valence-electron chi connectivity index (χ4n) is 7.76. The van der Waals surface area contributed by atoms with Crippen LogP contribution in [0.2, 0.25) is 0 Å². The zero-order chi connectivity index (χ0) is 33.2. The van der Waals surface area contributed by atoms with Crippen LogP contribution in [0.3, 0.4) is 0 Å². The molecule has 2 aliphatic carbocycles. The topological polar surface area (TPSA) is 104 Å². The highest BCUT2D eigenvalue weighted by atomic mass is 35.5. The van der Waals surface area contributed by atoms with Gasteiger partial charge in [-0.3, -0.25) is 24.1 Å². The molecule has 1 saturated carbocycles. The average molecular weight is 676 g/mol. The summed E-state index contributed by atoms with van der Waals surface area (Å²) in [6.07, 6.45) is 3.50. The number of alkyl halides is 2. The quantitative estimate of drug-likeness (QED) is 0.199. The maximum atomic E-state index is 14.5. The van der Waals surface area contributed by atoms with E-state index in [9.17, 15) is 28.7 Å². The van der Waals surface area contributed by atoms with Crippen molar-refractivity contribution in [1.82, 2.24) is 0 Å². The highest BCUT2D eigenvalue weighted by molar-refractivity contribution is 6.58. The van der Waals surface area contributed by atoms with E-state index in [1.165, 1.54) is 17.0 Å². The Morgan fingerprint density at radius 3 is 2.23 bits per heavy atom. The lowest BCUT2D eigenvalue weighted by Crippen LogP contribution is -2.60. The molecule has 2 heterocycles. The lowest BCUT2D eigenvalue weighted by atomic mass is 9.56. The van der Waals surface area contributed by atoms with Crippen LogP contribution in [0.5, 0.6) is 5.75 Å². The monoisotopic (exact) mass is 674 g/mol. The number of imide groups is 2. The van der Waals surface area contributed by atoms with E-state index in [2.05, 4.69) is 6.58 Å². The molecular weight excluding hydrogens is 646 g/mol. The van der Waals surface area contributed by atoms with Gasteiger partial charge >= 0.3 is 0 Å². The summed E-state index contributed by atoms with van der Waals surface area (Å²) in [5.74, 6) is -6.06. The zero-order valence-electron chi connectivity index (χ0n) is 24.9. The summed E-state index contributed by atoms with van der Waals surface area (Å²) in [7, 11) is 0. The van der Waals surface area contributed by atoms with Crippen molar-refractivity contribution in [3.8, 4) is 5.75 Å². The predicted octanol–water partition coefficient (Wildman–Crippen LogP) is 5.61. The summed E-state index contributed by atoms with van der Waals surface area (Å²) in [4.78, 5) is 55.0. The Labute approximate surface area is 280 Å². The van der Waals surface area contributed by atoms with E-state index in [0.717, 1.165) is 22.6 Å². The van der Waals surface area contributed by atoms with Crippen molar-refractivity contribution in [3.05, 3.63) is 108 Å². The van der Waals surface area contributed by atoms with Gasteiger partial charge in [-0.2, -0.15) is 0 Å². The van der Waals surface area contributed by atoms with Gasteiger partial charge in [-0.15, -0.1) is 23.2 Å². The maximum Gasteiger partial charge on any atom is 0.258 e. The van der Waals surface area contributed by atoms with E-state index >= 15 is 0 Å². The summed E-state index contributed by atoms with van der Waals surface area (Å²) >= 11 is 14.9. The molecular formula is C36H29Cl2FN2O6. The summed E-state index contributed by atoms with van der Waals surface area (Å²) in [5.41, 5.74) is 2.37. The molecule has 0 radical (unpaired) electrons. The van der Waals surface area contributed by atoms with Gasteiger partial charge in [-0.25, -0.2) is 9.29 Å². The number of hydrogen-bond acceptors (Lipinski definition) is 6. The van der Waals surface area contributed by atoms with E-state index in [0.29, 0.717) is 22.6 Å². The number of aliphatic hydroxyl groups is 1. The number of para-hydroxylation sites is 1. The van der Waals surface area contributed by atoms with Gasteiger partial charge in [0.25, 0.3) is 11.8 Å². The second-order valence-electron chi connectivity index (χ2n) is 12.2. The molecule has 8 nitrogen and oxygen atoms in total. The van der Waals surface area contributed by atoms with E-state index in [1.54, 1.807) is 54.6 Å². The lowest BCUT2D eigenvalue weighted by Gasteiger charge is -2.50. The number of benzene rings is 3. The molecule has 11 heteroatoms. The van der Waals surface area contributed by atoms with E-state index < -0.39 is 57.0 Å². The van der Waals surface area contributed by atoms with Crippen LogP contribution in [0.15, 0.2) is 91.0 Å². The first-order chi connectivity index (χ1) is 22.6. The van der Waals surface area contributed by atoms with Gasteiger partial charge in [0, 0.05) is 11.5 Å². The number of carbonyl (C=O) groups excluding carboxylic acids is 4. The Morgan fingerprint density at radius 1 is 0.894 bits per heavy atom. The van der Waals surface area contributed by atoms with Crippen molar-refractivity contribution < 1.29 is 33.4 Å². The first-order valence-electron chi connectivity index (χ1n) is 15.2. The minimum atomic E-state index is -2.10. The molecule has 2 aliphatic heterocycles. The number of nitrogens with zero attached hydrogens (tertiary/aromatic N) is 2. The Morgan fingerprint density at radius 2 is 1.55 bits per heavy atom. The van der Waals surface area contributed by atoms with Crippen LogP contribution in [0.1, 0.15) is 29.9 Å². The van der Waals surface area contributed by atoms with E-state index in [-0.39, 0.29) is 37.6 Å². The number of fused-ring (bicyclic) bond motifs is 4. The van der Waals surface area contributed by atoms with Gasteiger partial charge in [-0.1, -0.05) is 54.6 Å². The van der Waals surface area contributed by atoms with Crippen molar-refractivity contribution in [1.29, 1.82) is 0 Å². The molecule has 47 heavy (non-hydrogen) atoms. The molecule has 4 aliphatic rings. The lowest BCUT2D eigenvalue weighted by molar-refractivity contribution is -0.125. The van der Waals surface area contributed by atoms with Gasteiger partial charge in [0.15, 0.2) is 9.75 Å². The van der Waals surface area contributed by atoms with Crippen molar-refractivity contribution in [3.63, 3.8) is 0 Å². The second kappa shape index (κ2) is 11.4. The third-order valence-electron chi connectivity index (χ3n) is 9.86. The van der Waals surface area contributed by atoms with Crippen LogP contribution in [-0.2, 0) is 19.2 Å². The Balaban J connectivity index is 1.39. The minimum absolute atomic E-state index is 0.0562. The number of aliphatic hydroxyl groups excluding tert-OH is 1. The maximum absolute atomic E-state index is 14.5. The molecule has 7 rings (SSSR count). The Hall–Kier alpha value is -4.31.